The number of aromatic nitrogens is 1. The van der Waals surface area contributed by atoms with Crippen molar-refractivity contribution in [3.8, 4) is 17.2 Å². The number of nitrogens with zero attached hydrogens (tertiary/aromatic N) is 3. The Hall–Kier alpha value is -3.04. The van der Waals surface area contributed by atoms with Crippen LogP contribution in [0.4, 0.5) is 0 Å². The fraction of sp³-hybridized carbons (Fsp3) is 0.238. The third-order valence-electron chi connectivity index (χ3n) is 5.26. The zero-order chi connectivity index (χ0) is 21.8. The number of pyridine rings is 1. The van der Waals surface area contributed by atoms with E-state index in [-0.39, 0.29) is 11.9 Å². The highest BCUT2D eigenvalue weighted by Gasteiger charge is 2.36. The van der Waals surface area contributed by atoms with Crippen molar-refractivity contribution in [3.05, 3.63) is 58.7 Å². The molecule has 1 aromatic heterocycles. The predicted octanol–water partition coefficient (Wildman–Crippen LogP) is 3.74. The summed E-state index contributed by atoms with van der Waals surface area (Å²) in [5.74, 6) is 1.88. The molecule has 3 heterocycles. The molecule has 160 valence electrons. The average Bonchev–Trinajstić information content (AvgIpc) is 3.38. The van der Waals surface area contributed by atoms with Crippen molar-refractivity contribution >= 4 is 38.2 Å². The van der Waals surface area contributed by atoms with Crippen LogP contribution < -0.4 is 14.2 Å². The molecule has 0 saturated heterocycles. The molecule has 2 aliphatic rings. The van der Waals surface area contributed by atoms with Crippen LogP contribution in [0.25, 0.3) is 10.9 Å². The topological polar surface area (TPSA) is 90.3 Å². The molecular weight excluding hydrogens is 442 g/mol. The Balaban J connectivity index is 1.59. The highest BCUT2D eigenvalue weighted by molar-refractivity contribution is 7.88. The standard InChI is InChI=1S/C21H18ClN3O5S/c1-28-14-5-3-4-12(6-14)17-9-18(25(24-17)31(2,26)27)15-7-13-8-19-20(30-11-29-19)10-16(13)23-21(15)22/h3-8,10,18H,9,11H2,1-2H3. The summed E-state index contributed by atoms with van der Waals surface area (Å²) in [6, 6.07) is 12.1. The maximum absolute atomic E-state index is 12.5. The third-order valence-corrected chi connectivity index (χ3v) is 6.58. The van der Waals surface area contributed by atoms with Crippen molar-refractivity contribution in [1.29, 1.82) is 0 Å². The zero-order valence-corrected chi connectivity index (χ0v) is 18.3. The summed E-state index contributed by atoms with van der Waals surface area (Å²) in [6.07, 6.45) is 1.47. The van der Waals surface area contributed by atoms with E-state index in [2.05, 4.69) is 10.1 Å². The molecule has 2 aromatic carbocycles. The summed E-state index contributed by atoms with van der Waals surface area (Å²) in [5, 5.41) is 5.40. The molecule has 0 radical (unpaired) electrons. The Morgan fingerprint density at radius 3 is 2.68 bits per heavy atom. The molecule has 0 aliphatic carbocycles. The highest BCUT2D eigenvalue weighted by atomic mass is 35.5. The van der Waals surface area contributed by atoms with Crippen LogP contribution in [0.15, 0.2) is 47.6 Å². The number of ether oxygens (including phenoxy) is 3. The van der Waals surface area contributed by atoms with Crippen LogP contribution in [0, 0.1) is 0 Å². The first-order valence-electron chi connectivity index (χ1n) is 9.44. The maximum Gasteiger partial charge on any atom is 0.247 e. The Morgan fingerprint density at radius 1 is 1.16 bits per heavy atom. The minimum Gasteiger partial charge on any atom is -0.497 e. The quantitative estimate of drug-likeness (QED) is 0.552. The normalized spacial score (nSPS) is 17.8. The molecule has 1 unspecified atom stereocenters. The number of hydrazone groups is 1. The lowest BCUT2D eigenvalue weighted by molar-refractivity contribution is 0.174. The molecule has 0 saturated carbocycles. The van der Waals surface area contributed by atoms with Gasteiger partial charge in [0.2, 0.25) is 16.8 Å². The molecule has 31 heavy (non-hydrogen) atoms. The molecule has 0 spiro atoms. The van der Waals surface area contributed by atoms with Gasteiger partial charge in [-0.25, -0.2) is 13.4 Å². The molecule has 0 bridgehead atoms. The van der Waals surface area contributed by atoms with Gasteiger partial charge in [0.25, 0.3) is 0 Å². The SMILES string of the molecule is COc1cccc(C2=NN(S(C)(=O)=O)C(c3cc4cc5c(cc4nc3Cl)OCO5)C2)c1. The van der Waals surface area contributed by atoms with E-state index in [9.17, 15) is 8.42 Å². The van der Waals surface area contributed by atoms with E-state index < -0.39 is 16.1 Å². The van der Waals surface area contributed by atoms with Crippen molar-refractivity contribution < 1.29 is 22.6 Å². The Bertz CT molecular complexity index is 1340. The van der Waals surface area contributed by atoms with Gasteiger partial charge in [0.15, 0.2) is 11.5 Å². The van der Waals surface area contributed by atoms with Gasteiger partial charge in [-0.3, -0.25) is 0 Å². The average molecular weight is 460 g/mol. The molecule has 0 N–H and O–H groups in total. The summed E-state index contributed by atoms with van der Waals surface area (Å²) >= 11 is 6.52. The second-order valence-corrected chi connectivity index (χ2v) is 9.50. The van der Waals surface area contributed by atoms with E-state index in [0.717, 1.165) is 21.6 Å². The lowest BCUT2D eigenvalue weighted by atomic mass is 9.99. The van der Waals surface area contributed by atoms with Crippen LogP contribution >= 0.6 is 11.6 Å². The van der Waals surface area contributed by atoms with Crippen molar-refractivity contribution in [3.63, 3.8) is 0 Å². The minimum atomic E-state index is -3.65. The van der Waals surface area contributed by atoms with Gasteiger partial charge >= 0.3 is 0 Å². The lowest BCUT2D eigenvalue weighted by Gasteiger charge is -2.22. The highest BCUT2D eigenvalue weighted by Crippen LogP contribution is 2.41. The largest absolute Gasteiger partial charge is 0.497 e. The number of methoxy groups -OCH3 is 1. The fourth-order valence-electron chi connectivity index (χ4n) is 3.79. The molecule has 10 heteroatoms. The van der Waals surface area contributed by atoms with E-state index in [0.29, 0.717) is 40.5 Å². The number of halogens is 1. The predicted molar refractivity (Wildman–Crippen MR) is 116 cm³/mol. The van der Waals surface area contributed by atoms with Crippen LogP contribution in [-0.2, 0) is 10.0 Å². The van der Waals surface area contributed by atoms with Crippen molar-refractivity contribution in [2.45, 2.75) is 12.5 Å². The fourth-order valence-corrected chi connectivity index (χ4v) is 4.96. The second-order valence-electron chi connectivity index (χ2n) is 7.30. The molecule has 0 amide bonds. The van der Waals surface area contributed by atoms with Gasteiger partial charge in [0, 0.05) is 29.0 Å². The number of sulfonamides is 1. The van der Waals surface area contributed by atoms with Crippen LogP contribution in [0.1, 0.15) is 23.6 Å². The summed E-state index contributed by atoms with van der Waals surface area (Å²) in [5.41, 5.74) is 2.61. The number of benzene rings is 2. The van der Waals surface area contributed by atoms with E-state index >= 15 is 0 Å². The zero-order valence-electron chi connectivity index (χ0n) is 16.7. The number of fused-ring (bicyclic) bond motifs is 2. The molecule has 5 rings (SSSR count). The Kier molecular flexibility index (Phi) is 4.67. The van der Waals surface area contributed by atoms with Gasteiger partial charge in [-0.2, -0.15) is 9.52 Å². The van der Waals surface area contributed by atoms with Gasteiger partial charge in [-0.15, -0.1) is 0 Å². The van der Waals surface area contributed by atoms with E-state index in [1.54, 1.807) is 13.2 Å². The van der Waals surface area contributed by atoms with Gasteiger partial charge in [0.1, 0.15) is 10.9 Å². The summed E-state index contributed by atoms with van der Waals surface area (Å²) < 4.78 is 42.3. The first kappa shape index (κ1) is 19.9. The Labute approximate surface area is 184 Å². The monoisotopic (exact) mass is 459 g/mol. The second kappa shape index (κ2) is 7.28. The molecule has 2 aliphatic heterocycles. The van der Waals surface area contributed by atoms with Crippen molar-refractivity contribution in [2.75, 3.05) is 20.2 Å². The third kappa shape index (κ3) is 3.53. The number of hydrogen-bond donors (Lipinski definition) is 0. The minimum absolute atomic E-state index is 0.147. The van der Waals surface area contributed by atoms with Crippen LogP contribution in [0.2, 0.25) is 5.15 Å². The van der Waals surface area contributed by atoms with E-state index in [1.165, 1.54) is 0 Å². The molecule has 3 aromatic rings. The van der Waals surface area contributed by atoms with Crippen LogP contribution in [0.3, 0.4) is 0 Å². The van der Waals surface area contributed by atoms with Crippen LogP contribution in [-0.4, -0.2) is 43.7 Å². The van der Waals surface area contributed by atoms with Gasteiger partial charge in [0.05, 0.1) is 30.6 Å². The molecular formula is C21H18ClN3O5S. The van der Waals surface area contributed by atoms with E-state index in [1.807, 2.05) is 36.4 Å². The summed E-state index contributed by atoms with van der Waals surface area (Å²) in [6.45, 7) is 0.147. The molecule has 8 nitrogen and oxygen atoms in total. The maximum atomic E-state index is 12.5. The van der Waals surface area contributed by atoms with Gasteiger partial charge in [-0.1, -0.05) is 23.7 Å². The summed E-state index contributed by atoms with van der Waals surface area (Å²) in [7, 11) is -2.08. The number of hydrogen-bond acceptors (Lipinski definition) is 7. The molecule has 0 fully saturated rings. The first-order valence-corrected chi connectivity index (χ1v) is 11.7. The number of rotatable bonds is 4. The van der Waals surface area contributed by atoms with Gasteiger partial charge in [-0.05, 0) is 24.3 Å². The van der Waals surface area contributed by atoms with Crippen LogP contribution in [0.5, 0.6) is 17.2 Å². The van der Waals surface area contributed by atoms with Gasteiger partial charge < -0.3 is 14.2 Å². The van der Waals surface area contributed by atoms with Crippen molar-refractivity contribution in [2.24, 2.45) is 5.10 Å². The summed E-state index contributed by atoms with van der Waals surface area (Å²) in [4.78, 5) is 4.48. The first-order chi connectivity index (χ1) is 14.8. The Morgan fingerprint density at radius 2 is 1.94 bits per heavy atom. The lowest BCUT2D eigenvalue weighted by Crippen LogP contribution is -2.26. The smallest absolute Gasteiger partial charge is 0.247 e. The van der Waals surface area contributed by atoms with Crippen molar-refractivity contribution in [1.82, 2.24) is 9.40 Å². The van der Waals surface area contributed by atoms with E-state index in [4.69, 9.17) is 25.8 Å². The molecule has 1 atom stereocenters.